The van der Waals surface area contributed by atoms with E-state index in [1.165, 1.54) is 51.4 Å². The van der Waals surface area contributed by atoms with E-state index in [9.17, 15) is 13.2 Å². The van der Waals surface area contributed by atoms with Crippen LogP contribution in [-0.2, 0) is 6.42 Å². The van der Waals surface area contributed by atoms with Crippen LogP contribution in [0, 0.1) is 23.7 Å². The highest BCUT2D eigenvalue weighted by Gasteiger charge is 2.31. The van der Waals surface area contributed by atoms with Gasteiger partial charge in [0.1, 0.15) is 5.75 Å². The summed E-state index contributed by atoms with van der Waals surface area (Å²) in [5.74, 6) is 1.98. The Labute approximate surface area is 173 Å². The molecule has 0 atom stereocenters. The van der Waals surface area contributed by atoms with Gasteiger partial charge in [-0.25, -0.2) is 0 Å². The van der Waals surface area contributed by atoms with Gasteiger partial charge in [0.05, 0.1) is 5.48 Å². The van der Waals surface area contributed by atoms with Crippen molar-refractivity contribution in [2.24, 2.45) is 23.7 Å². The molecule has 2 aliphatic rings. The summed E-state index contributed by atoms with van der Waals surface area (Å²) in [6.07, 6.45) is 8.76. The van der Waals surface area contributed by atoms with Crippen molar-refractivity contribution < 1.29 is 23.4 Å². The fourth-order valence-electron chi connectivity index (χ4n) is 5.27. The zero-order chi connectivity index (χ0) is 23.5. The predicted octanol–water partition coefficient (Wildman–Crippen LogP) is 7.93. The lowest BCUT2D eigenvalue weighted by molar-refractivity contribution is -0.274. The Morgan fingerprint density at radius 2 is 1.36 bits per heavy atom. The second-order valence-electron chi connectivity index (χ2n) is 8.74. The smallest absolute Gasteiger partial charge is 0.406 e. The molecule has 0 aliphatic heterocycles. The van der Waals surface area contributed by atoms with Crippen molar-refractivity contribution in [2.75, 3.05) is 0 Å². The second kappa shape index (κ2) is 10.0. The van der Waals surface area contributed by atoms with Gasteiger partial charge in [-0.05, 0) is 79.8 Å². The highest BCUT2D eigenvalue weighted by Crippen LogP contribution is 2.43. The van der Waals surface area contributed by atoms with Crippen LogP contribution in [0.1, 0.15) is 88.6 Å². The molecule has 0 aromatic heterocycles. The second-order valence-corrected chi connectivity index (χ2v) is 8.74. The monoisotopic (exact) mass is 400 g/mol. The minimum absolute atomic E-state index is 0.186. The lowest BCUT2D eigenvalue weighted by Gasteiger charge is -2.38. The Kier molecular flexibility index (Phi) is 5.94. The van der Waals surface area contributed by atoms with Crippen LogP contribution in [0.25, 0.3) is 0 Å². The van der Waals surface area contributed by atoms with E-state index in [-0.39, 0.29) is 5.56 Å². The van der Waals surface area contributed by atoms with Crippen molar-refractivity contribution in [1.82, 2.24) is 0 Å². The molecule has 3 rings (SSSR count). The third-order valence-electron chi connectivity index (χ3n) is 6.82. The normalized spacial score (nSPS) is 30.9. The third kappa shape index (κ3) is 6.70. The highest BCUT2D eigenvalue weighted by molar-refractivity contribution is 5.27. The molecule has 158 valence electrons. The van der Waals surface area contributed by atoms with Crippen molar-refractivity contribution in [3.05, 3.63) is 29.7 Å². The van der Waals surface area contributed by atoms with Crippen molar-refractivity contribution in [1.29, 1.82) is 0 Å². The Balaban J connectivity index is 1.54. The molecule has 2 saturated carbocycles. The molecule has 2 fully saturated rings. The van der Waals surface area contributed by atoms with E-state index >= 15 is 0 Å². The number of halogens is 3. The topological polar surface area (TPSA) is 9.23 Å². The molecule has 1 aromatic carbocycles. The molecule has 2 aliphatic carbocycles. The van der Waals surface area contributed by atoms with Gasteiger partial charge in [-0.2, -0.15) is 0 Å². The predicted molar refractivity (Wildman–Crippen MR) is 107 cm³/mol. The van der Waals surface area contributed by atoms with Crippen LogP contribution in [0.3, 0.4) is 0 Å². The number of hydrogen-bond donors (Lipinski definition) is 0. The lowest BCUT2D eigenvalue weighted by Crippen LogP contribution is -2.26. The standard InChI is InChI=1S/C24H35F3O/c1-2-3-18-6-12-21(13-7-18)22-14-8-19(9-15-22)4-5-20-10-16-23(17-11-20)28-24(25,26)27/h10-11,16-19,21-22H,2-9,12-15H2,1H3/i10D,11D,16D,17D. The van der Waals surface area contributed by atoms with E-state index in [4.69, 9.17) is 5.48 Å². The van der Waals surface area contributed by atoms with Gasteiger partial charge in [0, 0.05) is 0 Å². The van der Waals surface area contributed by atoms with E-state index in [1.807, 2.05) is 0 Å². The van der Waals surface area contributed by atoms with Crippen molar-refractivity contribution >= 4 is 0 Å². The van der Waals surface area contributed by atoms with Gasteiger partial charge in [0.15, 0.2) is 0 Å². The van der Waals surface area contributed by atoms with Crippen LogP contribution in [0.15, 0.2) is 24.2 Å². The lowest BCUT2D eigenvalue weighted by atomic mass is 9.68. The number of ether oxygens (including phenoxy) is 1. The minimum Gasteiger partial charge on any atom is -0.406 e. The van der Waals surface area contributed by atoms with Crippen LogP contribution in [0.5, 0.6) is 5.75 Å². The van der Waals surface area contributed by atoms with Gasteiger partial charge < -0.3 is 4.74 Å². The molecule has 0 radical (unpaired) electrons. The molecule has 0 spiro atoms. The number of hydrogen-bond acceptors (Lipinski definition) is 1. The van der Waals surface area contributed by atoms with E-state index in [2.05, 4.69) is 11.7 Å². The molecular weight excluding hydrogens is 361 g/mol. The Hall–Kier alpha value is -1.19. The zero-order valence-corrected chi connectivity index (χ0v) is 16.8. The summed E-state index contributed by atoms with van der Waals surface area (Å²) >= 11 is 0. The molecule has 28 heavy (non-hydrogen) atoms. The van der Waals surface area contributed by atoms with E-state index in [1.54, 1.807) is 0 Å². The summed E-state index contributed by atoms with van der Waals surface area (Å²) in [5.41, 5.74) is 0.186. The molecule has 0 unspecified atom stereocenters. The quantitative estimate of drug-likeness (QED) is 0.451. The van der Waals surface area contributed by atoms with E-state index < -0.39 is 36.3 Å². The SMILES string of the molecule is [2H]c1c([2H])c(OC(F)(F)F)c([2H])c([2H])c1CCC1CCC(C2CCC(CCC)CC2)CC1. The first-order valence-corrected chi connectivity index (χ1v) is 11.0. The summed E-state index contributed by atoms with van der Waals surface area (Å²) < 4.78 is 73.3. The molecule has 0 bridgehead atoms. The highest BCUT2D eigenvalue weighted by atomic mass is 19.4. The van der Waals surface area contributed by atoms with Gasteiger partial charge in [-0.3, -0.25) is 0 Å². The Bertz CT molecular complexity index is 738. The third-order valence-corrected chi connectivity index (χ3v) is 6.82. The number of alkyl halides is 3. The molecule has 0 heterocycles. The summed E-state index contributed by atoms with van der Waals surface area (Å²) in [5, 5.41) is 0. The first-order chi connectivity index (χ1) is 15.1. The van der Waals surface area contributed by atoms with Gasteiger partial charge in [-0.15, -0.1) is 13.2 Å². The summed E-state index contributed by atoms with van der Waals surface area (Å²) in [6.45, 7) is 2.26. The molecule has 0 N–H and O–H groups in total. The minimum atomic E-state index is -5.06. The zero-order valence-electron chi connectivity index (χ0n) is 20.8. The van der Waals surface area contributed by atoms with Gasteiger partial charge in [0.2, 0.25) is 0 Å². The molecule has 0 amide bonds. The molecule has 1 nitrogen and oxygen atoms in total. The molecule has 4 heteroatoms. The maximum atomic E-state index is 12.6. The molecular formula is C24H35F3O. The maximum Gasteiger partial charge on any atom is 0.573 e. The summed E-state index contributed by atoms with van der Waals surface area (Å²) in [7, 11) is 0. The van der Waals surface area contributed by atoms with E-state index in [0.717, 1.165) is 37.0 Å². The maximum absolute atomic E-state index is 12.6. The van der Waals surface area contributed by atoms with Crippen LogP contribution in [-0.4, -0.2) is 6.36 Å². The summed E-state index contributed by atoms with van der Waals surface area (Å²) in [6, 6.07) is -2.38. The fourth-order valence-corrected chi connectivity index (χ4v) is 5.27. The number of benzene rings is 1. The largest absolute Gasteiger partial charge is 0.573 e. The first-order valence-electron chi connectivity index (χ1n) is 13.0. The van der Waals surface area contributed by atoms with Crippen LogP contribution < -0.4 is 4.74 Å². The van der Waals surface area contributed by atoms with Crippen LogP contribution in [0.4, 0.5) is 13.2 Å². The van der Waals surface area contributed by atoms with Crippen LogP contribution in [0.2, 0.25) is 0 Å². The van der Waals surface area contributed by atoms with Gasteiger partial charge >= 0.3 is 6.36 Å². The fraction of sp³-hybridized carbons (Fsp3) is 0.750. The number of rotatable bonds is 7. The van der Waals surface area contributed by atoms with Gasteiger partial charge in [0.25, 0.3) is 0 Å². The molecule has 0 saturated heterocycles. The van der Waals surface area contributed by atoms with Crippen LogP contribution >= 0.6 is 0 Å². The van der Waals surface area contributed by atoms with Crippen molar-refractivity contribution in [3.63, 3.8) is 0 Å². The Morgan fingerprint density at radius 3 is 1.82 bits per heavy atom. The van der Waals surface area contributed by atoms with E-state index in [0.29, 0.717) is 12.3 Å². The average molecular weight is 401 g/mol. The first kappa shape index (κ1) is 16.6. The van der Waals surface area contributed by atoms with Gasteiger partial charge in [-0.1, -0.05) is 57.5 Å². The van der Waals surface area contributed by atoms with Crippen molar-refractivity contribution in [3.8, 4) is 5.75 Å². The molecule has 1 aromatic rings. The van der Waals surface area contributed by atoms with Crippen molar-refractivity contribution in [2.45, 2.75) is 90.3 Å². The Morgan fingerprint density at radius 1 is 0.857 bits per heavy atom. The average Bonchev–Trinajstić information content (AvgIpc) is 2.76. The summed E-state index contributed by atoms with van der Waals surface area (Å²) in [4.78, 5) is 0.